The molecule has 2 atom stereocenters. The summed E-state index contributed by atoms with van der Waals surface area (Å²) in [7, 11) is -1.46. The van der Waals surface area contributed by atoms with Crippen molar-refractivity contribution in [3.05, 3.63) is 47.7 Å². The molecular formula is C32H41F2N7O5S. The average molecular weight is 674 g/mol. The number of carbonyl (C=O) groups excluding carboxylic acids is 2. The molecule has 3 aliphatic heterocycles. The first-order valence-corrected chi connectivity index (χ1v) is 17.9. The Balaban J connectivity index is 0.935. The Labute approximate surface area is 272 Å². The highest BCUT2D eigenvalue weighted by molar-refractivity contribution is 7.89. The van der Waals surface area contributed by atoms with Crippen LogP contribution in [-0.4, -0.2) is 94.3 Å². The van der Waals surface area contributed by atoms with Crippen molar-refractivity contribution in [2.75, 3.05) is 38.5 Å². The van der Waals surface area contributed by atoms with E-state index in [1.165, 1.54) is 18.0 Å². The van der Waals surface area contributed by atoms with Gasteiger partial charge in [-0.15, -0.1) is 0 Å². The van der Waals surface area contributed by atoms with Crippen LogP contribution in [0.2, 0.25) is 0 Å². The number of nitrogens with zero attached hydrogens (tertiary/aromatic N) is 6. The molecule has 3 fully saturated rings. The molecule has 3 aromatic rings. The molecule has 15 heteroatoms. The molecule has 12 nitrogen and oxygen atoms in total. The van der Waals surface area contributed by atoms with Crippen LogP contribution >= 0.6 is 0 Å². The van der Waals surface area contributed by atoms with Crippen LogP contribution in [0, 0.1) is 5.92 Å². The Morgan fingerprint density at radius 3 is 2.55 bits per heavy atom. The third-order valence-corrected chi connectivity index (χ3v) is 11.7. The Hall–Kier alpha value is -3.56. The van der Waals surface area contributed by atoms with Crippen LogP contribution in [0.1, 0.15) is 73.9 Å². The van der Waals surface area contributed by atoms with Gasteiger partial charge in [0.05, 0.1) is 35.3 Å². The summed E-state index contributed by atoms with van der Waals surface area (Å²) >= 11 is 0. The van der Waals surface area contributed by atoms with Crippen LogP contribution in [0.5, 0.6) is 5.75 Å². The van der Waals surface area contributed by atoms with Crippen LogP contribution in [0.4, 0.5) is 8.78 Å². The number of likely N-dealkylation sites (tertiary alicyclic amines) is 1. The van der Waals surface area contributed by atoms with Crippen molar-refractivity contribution in [2.24, 2.45) is 13.0 Å². The number of piperidine rings is 2. The number of aromatic nitrogens is 4. The minimum Gasteiger partial charge on any atom is -0.432 e. The number of aryl methyl sites for hydroxylation is 2. The normalized spacial score (nSPS) is 22.0. The van der Waals surface area contributed by atoms with Crippen molar-refractivity contribution in [1.29, 1.82) is 0 Å². The second-order valence-electron chi connectivity index (χ2n) is 12.8. The highest BCUT2D eigenvalue weighted by Crippen LogP contribution is 2.34. The predicted molar refractivity (Wildman–Crippen MR) is 169 cm³/mol. The van der Waals surface area contributed by atoms with Gasteiger partial charge < -0.3 is 9.64 Å². The molecular weight excluding hydrogens is 632 g/mol. The number of benzene rings is 1. The summed E-state index contributed by atoms with van der Waals surface area (Å²) in [4.78, 5) is 34.6. The molecule has 47 heavy (non-hydrogen) atoms. The quantitative estimate of drug-likeness (QED) is 0.287. The summed E-state index contributed by atoms with van der Waals surface area (Å²) in [6.45, 7) is 0.612. The van der Waals surface area contributed by atoms with E-state index in [4.69, 9.17) is 0 Å². The highest BCUT2D eigenvalue weighted by Gasteiger charge is 2.33. The number of carbonyl (C=O) groups is 2. The third kappa shape index (κ3) is 7.95. The van der Waals surface area contributed by atoms with Gasteiger partial charge in [0.15, 0.2) is 5.75 Å². The predicted octanol–water partition coefficient (Wildman–Crippen LogP) is 3.34. The van der Waals surface area contributed by atoms with Gasteiger partial charge in [-0.05, 0) is 81.6 Å². The van der Waals surface area contributed by atoms with Crippen LogP contribution < -0.4 is 10.1 Å². The number of alkyl halides is 2. The second-order valence-corrected chi connectivity index (χ2v) is 14.9. The number of amides is 2. The topological polar surface area (TPSA) is 140 Å². The lowest BCUT2D eigenvalue weighted by Crippen LogP contribution is -2.39. The summed E-state index contributed by atoms with van der Waals surface area (Å²) in [5, 5.41) is 8.04. The van der Waals surface area contributed by atoms with E-state index in [0.717, 1.165) is 61.9 Å². The Morgan fingerprint density at radius 1 is 1.06 bits per heavy atom. The zero-order chi connectivity index (χ0) is 33.1. The first kappa shape index (κ1) is 33.3. The summed E-state index contributed by atoms with van der Waals surface area (Å²) in [6.07, 6.45) is 7.84. The van der Waals surface area contributed by atoms with Crippen molar-refractivity contribution >= 4 is 32.7 Å². The fourth-order valence-corrected chi connectivity index (χ4v) is 8.69. The highest BCUT2D eigenvalue weighted by atomic mass is 32.2. The molecule has 1 N–H and O–H groups in total. The smallest absolute Gasteiger partial charge is 0.387 e. The molecule has 6 rings (SSSR count). The zero-order valence-corrected chi connectivity index (χ0v) is 27.3. The van der Waals surface area contributed by atoms with Crippen molar-refractivity contribution < 1.29 is 31.5 Å². The SMILES string of the molecule is Cn1nc(C2CCC(=O)NC2=O)c2ccc(C3CCN(CCCS(=O)(=O)N4CC[C@@H](CCc5ncc(OC(F)F)cn5)C4)CC3)cc21. The van der Waals surface area contributed by atoms with Crippen molar-refractivity contribution in [1.82, 2.24) is 34.3 Å². The number of hydrogen-bond donors (Lipinski definition) is 1. The molecule has 0 aliphatic carbocycles. The number of rotatable bonds is 12. The first-order valence-electron chi connectivity index (χ1n) is 16.3. The fraction of sp³-hybridized carbons (Fsp3) is 0.594. The second kappa shape index (κ2) is 14.3. The lowest BCUT2D eigenvalue weighted by molar-refractivity contribution is -0.134. The van der Waals surface area contributed by atoms with Gasteiger partial charge in [-0.1, -0.05) is 12.1 Å². The summed E-state index contributed by atoms with van der Waals surface area (Å²) < 4.78 is 58.5. The molecule has 5 heterocycles. The number of sulfonamides is 1. The molecule has 0 spiro atoms. The number of ether oxygens (including phenoxy) is 1. The van der Waals surface area contributed by atoms with E-state index < -0.39 is 22.6 Å². The Kier molecular flexibility index (Phi) is 10.1. The standard InChI is InChI=1S/C32H41F2N7O5S/c1-39-27-17-23(4-5-25(27)30(38-39)26-6-8-29(42)37-31(26)43)22-10-13-40(14-11-22)12-2-16-47(44,45)41-15-9-21(20-41)3-7-28-35-18-24(19-36-28)46-32(33)34/h4-5,17-19,21-22,26,32H,2-3,6-16,20H2,1H3,(H,37,42,43)/t21-,26?/m1/s1. The summed E-state index contributed by atoms with van der Waals surface area (Å²) in [6, 6.07) is 6.35. The lowest BCUT2D eigenvalue weighted by atomic mass is 9.88. The molecule has 2 amide bonds. The van der Waals surface area contributed by atoms with E-state index in [9.17, 15) is 26.8 Å². The maximum atomic E-state index is 13.1. The third-order valence-electron chi connectivity index (χ3n) is 9.73. The minimum absolute atomic E-state index is 0.0858. The van der Waals surface area contributed by atoms with Crippen LogP contribution in [0.3, 0.4) is 0 Å². The molecule has 254 valence electrons. The van der Waals surface area contributed by atoms with Crippen LogP contribution in [0.15, 0.2) is 30.6 Å². The van der Waals surface area contributed by atoms with Gasteiger partial charge in [-0.25, -0.2) is 22.7 Å². The van der Waals surface area contributed by atoms with Gasteiger partial charge in [0.25, 0.3) is 0 Å². The Morgan fingerprint density at radius 2 is 1.83 bits per heavy atom. The van der Waals surface area contributed by atoms with E-state index in [-0.39, 0.29) is 29.2 Å². The molecule has 3 saturated heterocycles. The van der Waals surface area contributed by atoms with Crippen LogP contribution in [0.25, 0.3) is 10.9 Å². The van der Waals surface area contributed by atoms with Crippen molar-refractivity contribution in [2.45, 2.75) is 69.8 Å². The minimum atomic E-state index is -3.35. The number of hydrogen-bond acceptors (Lipinski definition) is 9. The van der Waals surface area contributed by atoms with Crippen LogP contribution in [-0.2, 0) is 33.1 Å². The zero-order valence-electron chi connectivity index (χ0n) is 26.5. The summed E-state index contributed by atoms with van der Waals surface area (Å²) in [5.41, 5.74) is 2.94. The van der Waals surface area contributed by atoms with Gasteiger partial charge in [-0.3, -0.25) is 19.6 Å². The maximum Gasteiger partial charge on any atom is 0.387 e. The van der Waals surface area contributed by atoms with Gasteiger partial charge >= 0.3 is 6.61 Å². The largest absolute Gasteiger partial charge is 0.432 e. The number of halogens is 2. The van der Waals surface area contributed by atoms with E-state index in [2.05, 4.69) is 48.2 Å². The number of imide groups is 1. The van der Waals surface area contributed by atoms with Gasteiger partial charge in [0.1, 0.15) is 5.82 Å². The molecule has 0 radical (unpaired) electrons. The molecule has 1 unspecified atom stereocenters. The number of fused-ring (bicyclic) bond motifs is 1. The van der Waals surface area contributed by atoms with Gasteiger partial charge in [0, 0.05) is 38.4 Å². The number of nitrogens with one attached hydrogen (secondary N) is 1. The average Bonchev–Trinajstić information content (AvgIpc) is 3.66. The van der Waals surface area contributed by atoms with Crippen molar-refractivity contribution in [3.63, 3.8) is 0 Å². The van der Waals surface area contributed by atoms with Crippen molar-refractivity contribution in [3.8, 4) is 5.75 Å². The monoisotopic (exact) mass is 673 g/mol. The maximum absolute atomic E-state index is 13.1. The fourth-order valence-electron chi connectivity index (χ4n) is 7.11. The van der Waals surface area contributed by atoms with Gasteiger partial charge in [-0.2, -0.15) is 13.9 Å². The Bertz CT molecular complexity index is 1690. The molecule has 2 aromatic heterocycles. The molecule has 0 saturated carbocycles. The lowest BCUT2D eigenvalue weighted by Gasteiger charge is -2.32. The van der Waals surface area contributed by atoms with Gasteiger partial charge in [0.2, 0.25) is 21.8 Å². The van der Waals surface area contributed by atoms with E-state index in [1.807, 2.05) is 11.7 Å². The molecule has 0 bridgehead atoms. The summed E-state index contributed by atoms with van der Waals surface area (Å²) in [5.74, 6) is 0.217. The van der Waals surface area contributed by atoms with E-state index in [0.29, 0.717) is 50.5 Å². The first-order chi connectivity index (χ1) is 22.6. The molecule has 3 aliphatic rings. The van der Waals surface area contributed by atoms with E-state index >= 15 is 0 Å². The molecule has 1 aromatic carbocycles. The van der Waals surface area contributed by atoms with E-state index in [1.54, 1.807) is 4.31 Å².